The zero-order chi connectivity index (χ0) is 23.1. The van der Waals surface area contributed by atoms with Crippen molar-refractivity contribution in [1.82, 2.24) is 0 Å². The Morgan fingerprint density at radius 3 is 2.59 bits per heavy atom. The van der Waals surface area contributed by atoms with Gasteiger partial charge in [0.25, 0.3) is 5.91 Å². The van der Waals surface area contributed by atoms with Crippen molar-refractivity contribution >= 4 is 51.9 Å². The number of anilines is 1. The molecule has 3 aromatic carbocycles. The number of benzene rings is 3. The lowest BCUT2D eigenvalue weighted by molar-refractivity contribution is -0.112. The Labute approximate surface area is 205 Å². The standard InChI is InChI=1S/C25H20ClIN2O3/c1-16-6-8-17(9-7-16)15-32-24-22(27)11-18(12-23(24)31-2)10-19(14-28)25(30)29-21-5-3-4-20(26)13-21/h3-13H,15H2,1-2H3,(H,29,30)/b19-10+. The molecule has 0 aliphatic carbocycles. The van der Waals surface area contributed by atoms with Gasteiger partial charge in [0.2, 0.25) is 0 Å². The Kier molecular flexibility index (Phi) is 8.14. The number of carbonyl (C=O) groups excluding carboxylic acids is 1. The maximum atomic E-state index is 12.5. The number of halogens is 2. The molecule has 3 aromatic rings. The van der Waals surface area contributed by atoms with Gasteiger partial charge in [0.05, 0.1) is 10.7 Å². The van der Waals surface area contributed by atoms with Crippen LogP contribution in [0.2, 0.25) is 5.02 Å². The summed E-state index contributed by atoms with van der Waals surface area (Å²) in [4.78, 5) is 12.5. The second-order valence-corrected chi connectivity index (χ2v) is 8.54. The summed E-state index contributed by atoms with van der Waals surface area (Å²) in [6, 6.07) is 20.3. The van der Waals surface area contributed by atoms with E-state index in [0.29, 0.717) is 34.4 Å². The van der Waals surface area contributed by atoms with Crippen molar-refractivity contribution in [3.8, 4) is 17.6 Å². The van der Waals surface area contributed by atoms with Gasteiger partial charge in [-0.15, -0.1) is 0 Å². The highest BCUT2D eigenvalue weighted by Gasteiger charge is 2.14. The highest BCUT2D eigenvalue weighted by Crippen LogP contribution is 2.35. The molecule has 0 radical (unpaired) electrons. The molecular formula is C25H20ClIN2O3. The van der Waals surface area contributed by atoms with Gasteiger partial charge in [-0.1, -0.05) is 47.5 Å². The maximum absolute atomic E-state index is 12.5. The molecule has 1 N–H and O–H groups in total. The summed E-state index contributed by atoms with van der Waals surface area (Å²) in [5.41, 5.74) is 3.34. The Balaban J connectivity index is 1.81. The average molecular weight is 559 g/mol. The minimum atomic E-state index is -0.525. The lowest BCUT2D eigenvalue weighted by atomic mass is 10.1. The third-order valence-electron chi connectivity index (χ3n) is 4.51. The van der Waals surface area contributed by atoms with Gasteiger partial charge in [-0.3, -0.25) is 4.79 Å². The SMILES string of the molecule is COc1cc(/C=C(\C#N)C(=O)Nc2cccc(Cl)c2)cc(I)c1OCc1ccc(C)cc1. The van der Waals surface area contributed by atoms with E-state index >= 15 is 0 Å². The first kappa shape index (κ1) is 23.6. The van der Waals surface area contributed by atoms with Crippen molar-refractivity contribution in [3.63, 3.8) is 0 Å². The molecule has 0 aliphatic heterocycles. The molecule has 0 bridgehead atoms. The van der Waals surface area contributed by atoms with Crippen LogP contribution in [0.1, 0.15) is 16.7 Å². The van der Waals surface area contributed by atoms with E-state index < -0.39 is 5.91 Å². The zero-order valence-corrected chi connectivity index (χ0v) is 20.4. The number of nitrogens with zero attached hydrogens (tertiary/aromatic N) is 1. The summed E-state index contributed by atoms with van der Waals surface area (Å²) in [5.74, 6) is 0.596. The first-order valence-electron chi connectivity index (χ1n) is 9.64. The number of nitriles is 1. The van der Waals surface area contributed by atoms with Crippen LogP contribution in [0.5, 0.6) is 11.5 Å². The maximum Gasteiger partial charge on any atom is 0.266 e. The highest BCUT2D eigenvalue weighted by atomic mass is 127. The molecule has 1 amide bonds. The number of nitrogens with one attached hydrogen (secondary N) is 1. The minimum Gasteiger partial charge on any atom is -0.493 e. The predicted octanol–water partition coefficient (Wildman–Crippen LogP) is 6.39. The van der Waals surface area contributed by atoms with Gasteiger partial charge in [-0.25, -0.2) is 0 Å². The lowest BCUT2D eigenvalue weighted by Gasteiger charge is -2.14. The summed E-state index contributed by atoms with van der Waals surface area (Å²) in [7, 11) is 1.55. The summed E-state index contributed by atoms with van der Waals surface area (Å²) < 4.78 is 12.3. The largest absolute Gasteiger partial charge is 0.493 e. The fourth-order valence-electron chi connectivity index (χ4n) is 2.88. The number of aryl methyl sites for hydroxylation is 1. The lowest BCUT2D eigenvalue weighted by Crippen LogP contribution is -2.13. The number of hydrogen-bond donors (Lipinski definition) is 1. The van der Waals surface area contributed by atoms with Crippen LogP contribution in [0.25, 0.3) is 6.08 Å². The first-order chi connectivity index (χ1) is 15.4. The number of rotatable bonds is 7. The molecule has 0 saturated heterocycles. The van der Waals surface area contributed by atoms with Gasteiger partial charge >= 0.3 is 0 Å². The van der Waals surface area contributed by atoms with Crippen LogP contribution in [0, 0.1) is 21.8 Å². The number of methoxy groups -OCH3 is 1. The molecule has 0 unspecified atom stereocenters. The number of ether oxygens (including phenoxy) is 2. The van der Waals surface area contributed by atoms with E-state index in [4.69, 9.17) is 21.1 Å². The number of amides is 1. The van der Waals surface area contributed by atoms with E-state index in [2.05, 4.69) is 27.9 Å². The summed E-state index contributed by atoms with van der Waals surface area (Å²) in [6.45, 7) is 2.43. The van der Waals surface area contributed by atoms with Crippen molar-refractivity contribution in [1.29, 1.82) is 5.26 Å². The van der Waals surface area contributed by atoms with Crippen LogP contribution in [-0.4, -0.2) is 13.0 Å². The van der Waals surface area contributed by atoms with Crippen LogP contribution in [0.15, 0.2) is 66.2 Å². The summed E-state index contributed by atoms with van der Waals surface area (Å²) in [6.07, 6.45) is 1.51. The molecule has 0 aliphatic rings. The molecule has 0 saturated carbocycles. The van der Waals surface area contributed by atoms with Gasteiger partial charge < -0.3 is 14.8 Å². The highest BCUT2D eigenvalue weighted by molar-refractivity contribution is 14.1. The molecule has 7 heteroatoms. The molecule has 5 nitrogen and oxygen atoms in total. The topological polar surface area (TPSA) is 71.3 Å². The average Bonchev–Trinajstić information content (AvgIpc) is 2.77. The Morgan fingerprint density at radius 1 is 1.19 bits per heavy atom. The van der Waals surface area contributed by atoms with E-state index in [9.17, 15) is 10.1 Å². The number of hydrogen-bond acceptors (Lipinski definition) is 4. The van der Waals surface area contributed by atoms with E-state index in [1.165, 1.54) is 11.6 Å². The molecule has 162 valence electrons. The van der Waals surface area contributed by atoms with Gasteiger partial charge in [0, 0.05) is 10.7 Å². The normalized spacial score (nSPS) is 10.9. The minimum absolute atomic E-state index is 0.0452. The zero-order valence-electron chi connectivity index (χ0n) is 17.5. The first-order valence-corrected chi connectivity index (χ1v) is 11.1. The van der Waals surface area contributed by atoms with Crippen molar-refractivity contribution < 1.29 is 14.3 Å². The third kappa shape index (κ3) is 6.25. The van der Waals surface area contributed by atoms with Gasteiger partial charge in [0.15, 0.2) is 11.5 Å². The quantitative estimate of drug-likeness (QED) is 0.207. The summed E-state index contributed by atoms with van der Waals surface area (Å²) >= 11 is 8.10. The second kappa shape index (κ2) is 11.0. The molecule has 0 heterocycles. The van der Waals surface area contributed by atoms with E-state index in [1.54, 1.807) is 37.4 Å². The smallest absolute Gasteiger partial charge is 0.266 e. The molecule has 0 spiro atoms. The molecule has 0 fully saturated rings. The monoisotopic (exact) mass is 558 g/mol. The van der Waals surface area contributed by atoms with Crippen LogP contribution < -0.4 is 14.8 Å². The molecule has 0 atom stereocenters. The third-order valence-corrected chi connectivity index (χ3v) is 5.55. The molecule has 32 heavy (non-hydrogen) atoms. The van der Waals surface area contributed by atoms with Crippen LogP contribution in [0.4, 0.5) is 5.69 Å². The van der Waals surface area contributed by atoms with Gasteiger partial charge in [-0.05, 0) is 77.0 Å². The van der Waals surface area contributed by atoms with Crippen molar-refractivity contribution in [3.05, 3.63) is 91.5 Å². The van der Waals surface area contributed by atoms with E-state index in [0.717, 1.165) is 9.13 Å². The fourth-order valence-corrected chi connectivity index (χ4v) is 3.85. The Hall–Kier alpha value is -3.02. The van der Waals surface area contributed by atoms with Crippen LogP contribution in [-0.2, 0) is 11.4 Å². The second-order valence-electron chi connectivity index (χ2n) is 6.94. The van der Waals surface area contributed by atoms with Crippen molar-refractivity contribution in [2.75, 3.05) is 12.4 Å². The number of carbonyl (C=O) groups is 1. The Morgan fingerprint density at radius 2 is 1.94 bits per heavy atom. The van der Waals surface area contributed by atoms with Crippen LogP contribution in [0.3, 0.4) is 0 Å². The fraction of sp³-hybridized carbons (Fsp3) is 0.120. The van der Waals surface area contributed by atoms with Gasteiger partial charge in [0.1, 0.15) is 18.2 Å². The summed E-state index contributed by atoms with van der Waals surface area (Å²) in [5, 5.41) is 12.7. The molecule has 3 rings (SSSR count). The van der Waals surface area contributed by atoms with E-state index in [1.807, 2.05) is 43.3 Å². The van der Waals surface area contributed by atoms with Crippen LogP contribution >= 0.6 is 34.2 Å². The molecular weight excluding hydrogens is 539 g/mol. The van der Waals surface area contributed by atoms with E-state index in [-0.39, 0.29) is 5.57 Å². The predicted molar refractivity (Wildman–Crippen MR) is 135 cm³/mol. The van der Waals surface area contributed by atoms with Crippen molar-refractivity contribution in [2.45, 2.75) is 13.5 Å². The molecule has 0 aromatic heterocycles. The van der Waals surface area contributed by atoms with Gasteiger partial charge in [-0.2, -0.15) is 5.26 Å². The Bertz CT molecular complexity index is 1200. The van der Waals surface area contributed by atoms with Crippen molar-refractivity contribution in [2.24, 2.45) is 0 Å².